The summed E-state index contributed by atoms with van der Waals surface area (Å²) in [4.78, 5) is 33.6. The standard InChI is InChI=1S/C5H4N2O2.C5H8O4/c8-7(9)5-2-1-3-6-4-5;1-8-4(6)3-5(7)9-2/h1-4H;3H2,1-2H3. The molecule has 0 aliphatic rings. The van der Waals surface area contributed by atoms with Crippen LogP contribution >= 0.6 is 0 Å². The number of aromatic nitrogens is 1. The minimum atomic E-state index is -0.582. The Kier molecular flexibility index (Phi) is 7.42. The highest BCUT2D eigenvalue weighted by Gasteiger charge is 2.07. The van der Waals surface area contributed by atoms with Gasteiger partial charge in [0.05, 0.1) is 19.1 Å². The molecule has 0 aliphatic carbocycles. The van der Waals surface area contributed by atoms with Gasteiger partial charge in [-0.1, -0.05) is 0 Å². The molecule has 0 spiro atoms. The SMILES string of the molecule is COC(=O)CC(=O)OC.O=[N+]([O-])c1cccnc1. The molecular formula is C10H12N2O6. The largest absolute Gasteiger partial charge is 0.469 e. The van der Waals surface area contributed by atoms with Gasteiger partial charge in [-0.25, -0.2) is 0 Å². The quantitative estimate of drug-likeness (QED) is 0.339. The third-order valence-corrected chi connectivity index (χ3v) is 1.60. The second-order valence-corrected chi connectivity index (χ2v) is 2.80. The number of carbonyl (C=O) groups is 2. The van der Waals surface area contributed by atoms with Crippen LogP contribution in [0.2, 0.25) is 0 Å². The summed E-state index contributed by atoms with van der Waals surface area (Å²) in [5, 5.41) is 9.97. The topological polar surface area (TPSA) is 109 Å². The fourth-order valence-corrected chi connectivity index (χ4v) is 0.724. The molecule has 1 aromatic rings. The van der Waals surface area contributed by atoms with Crippen LogP contribution in [0.1, 0.15) is 6.42 Å². The Labute approximate surface area is 103 Å². The molecule has 8 nitrogen and oxygen atoms in total. The third kappa shape index (κ3) is 6.88. The van der Waals surface area contributed by atoms with E-state index in [1.54, 1.807) is 0 Å². The van der Waals surface area contributed by atoms with Crippen molar-refractivity contribution < 1.29 is 24.0 Å². The molecule has 0 atom stereocenters. The summed E-state index contributed by atoms with van der Waals surface area (Å²) >= 11 is 0. The predicted molar refractivity (Wildman–Crippen MR) is 59.5 cm³/mol. The number of methoxy groups -OCH3 is 2. The van der Waals surface area contributed by atoms with Crippen molar-refractivity contribution in [2.45, 2.75) is 6.42 Å². The van der Waals surface area contributed by atoms with E-state index in [4.69, 9.17) is 0 Å². The number of pyridine rings is 1. The molecule has 8 heteroatoms. The second-order valence-electron chi connectivity index (χ2n) is 2.80. The maximum Gasteiger partial charge on any atom is 0.316 e. The van der Waals surface area contributed by atoms with E-state index < -0.39 is 16.9 Å². The first-order chi connectivity index (χ1) is 8.51. The van der Waals surface area contributed by atoms with Crippen molar-refractivity contribution in [1.29, 1.82) is 0 Å². The van der Waals surface area contributed by atoms with Crippen molar-refractivity contribution in [1.82, 2.24) is 4.98 Å². The van der Waals surface area contributed by atoms with Crippen molar-refractivity contribution in [3.8, 4) is 0 Å². The van der Waals surface area contributed by atoms with E-state index in [1.807, 2.05) is 0 Å². The van der Waals surface area contributed by atoms with E-state index in [2.05, 4.69) is 14.5 Å². The highest BCUT2D eigenvalue weighted by molar-refractivity contribution is 5.90. The minimum Gasteiger partial charge on any atom is -0.469 e. The molecule has 0 unspecified atom stereocenters. The molecule has 0 amide bonds. The molecule has 1 rings (SSSR count). The first-order valence-corrected chi connectivity index (χ1v) is 4.69. The molecule has 0 aliphatic heterocycles. The van der Waals surface area contributed by atoms with E-state index >= 15 is 0 Å². The normalized spacial score (nSPS) is 8.56. The number of ether oxygens (including phenoxy) is 2. The van der Waals surface area contributed by atoms with Gasteiger partial charge in [0.25, 0.3) is 5.69 Å². The third-order valence-electron chi connectivity index (χ3n) is 1.60. The van der Waals surface area contributed by atoms with Gasteiger partial charge in [-0.15, -0.1) is 0 Å². The number of nitro groups is 1. The van der Waals surface area contributed by atoms with Crippen LogP contribution in [0.3, 0.4) is 0 Å². The lowest BCUT2D eigenvalue weighted by atomic mass is 10.4. The molecule has 0 bridgehead atoms. The summed E-state index contributed by atoms with van der Waals surface area (Å²) in [7, 11) is 2.43. The Balaban J connectivity index is 0.000000321. The van der Waals surface area contributed by atoms with Crippen molar-refractivity contribution in [3.63, 3.8) is 0 Å². The zero-order chi connectivity index (χ0) is 14.0. The van der Waals surface area contributed by atoms with Gasteiger partial charge < -0.3 is 9.47 Å². The Morgan fingerprint density at radius 3 is 2.17 bits per heavy atom. The Bertz CT molecular complexity index is 392. The summed E-state index contributed by atoms with van der Waals surface area (Å²) in [6.07, 6.45) is 2.39. The summed E-state index contributed by atoms with van der Waals surface area (Å²) in [5.41, 5.74) is 0.0255. The fraction of sp³-hybridized carbons (Fsp3) is 0.300. The highest BCUT2D eigenvalue weighted by atomic mass is 16.6. The summed E-state index contributed by atoms with van der Waals surface area (Å²) in [5.74, 6) is -1.16. The zero-order valence-electron chi connectivity index (χ0n) is 9.86. The van der Waals surface area contributed by atoms with Gasteiger partial charge in [-0.3, -0.25) is 24.7 Å². The lowest BCUT2D eigenvalue weighted by molar-refractivity contribution is -0.385. The van der Waals surface area contributed by atoms with Crippen LogP contribution in [0.4, 0.5) is 5.69 Å². The van der Waals surface area contributed by atoms with E-state index in [9.17, 15) is 19.7 Å². The Morgan fingerprint density at radius 2 is 1.89 bits per heavy atom. The fourth-order valence-electron chi connectivity index (χ4n) is 0.724. The number of nitrogens with zero attached hydrogens (tertiary/aromatic N) is 2. The summed E-state index contributed by atoms with van der Waals surface area (Å²) in [6.45, 7) is 0. The van der Waals surface area contributed by atoms with Crippen LogP contribution in [0.25, 0.3) is 0 Å². The van der Waals surface area contributed by atoms with Gasteiger partial charge in [0.2, 0.25) is 0 Å². The number of hydrogen-bond donors (Lipinski definition) is 0. The molecular weight excluding hydrogens is 244 g/mol. The van der Waals surface area contributed by atoms with Crippen molar-refractivity contribution in [2.75, 3.05) is 14.2 Å². The molecule has 0 aromatic carbocycles. The molecule has 98 valence electrons. The van der Waals surface area contributed by atoms with Gasteiger partial charge in [0.1, 0.15) is 12.6 Å². The van der Waals surface area contributed by atoms with Crippen LogP contribution in [0.5, 0.6) is 0 Å². The molecule has 0 fully saturated rings. The van der Waals surface area contributed by atoms with Crippen molar-refractivity contribution in [2.24, 2.45) is 0 Å². The maximum atomic E-state index is 10.3. The molecule has 0 N–H and O–H groups in total. The van der Waals surface area contributed by atoms with Crippen LogP contribution in [-0.2, 0) is 19.1 Å². The molecule has 0 saturated heterocycles. The Morgan fingerprint density at radius 1 is 1.33 bits per heavy atom. The van der Waals surface area contributed by atoms with E-state index in [0.29, 0.717) is 0 Å². The molecule has 18 heavy (non-hydrogen) atoms. The minimum absolute atomic E-state index is 0.0255. The van der Waals surface area contributed by atoms with Gasteiger partial charge >= 0.3 is 11.9 Å². The van der Waals surface area contributed by atoms with Gasteiger partial charge in [-0.2, -0.15) is 0 Å². The van der Waals surface area contributed by atoms with E-state index in [0.717, 1.165) is 0 Å². The van der Waals surface area contributed by atoms with Crippen LogP contribution < -0.4 is 0 Å². The number of hydrogen-bond acceptors (Lipinski definition) is 7. The van der Waals surface area contributed by atoms with Gasteiger partial charge in [0.15, 0.2) is 0 Å². The van der Waals surface area contributed by atoms with Gasteiger partial charge in [0, 0.05) is 12.3 Å². The van der Waals surface area contributed by atoms with Crippen LogP contribution in [-0.4, -0.2) is 36.1 Å². The highest BCUT2D eigenvalue weighted by Crippen LogP contribution is 2.04. The number of carbonyl (C=O) groups excluding carboxylic acids is 2. The first-order valence-electron chi connectivity index (χ1n) is 4.69. The van der Waals surface area contributed by atoms with E-state index in [1.165, 1.54) is 38.7 Å². The Hall–Kier alpha value is -2.51. The molecule has 0 saturated carbocycles. The summed E-state index contributed by atoms with van der Waals surface area (Å²) in [6, 6.07) is 2.92. The monoisotopic (exact) mass is 256 g/mol. The van der Waals surface area contributed by atoms with E-state index in [-0.39, 0.29) is 12.1 Å². The predicted octanol–water partition coefficient (Wildman–Crippen LogP) is 0.712. The smallest absolute Gasteiger partial charge is 0.316 e. The second kappa shape index (κ2) is 8.62. The van der Waals surface area contributed by atoms with Gasteiger partial charge in [-0.05, 0) is 6.07 Å². The number of esters is 2. The van der Waals surface area contributed by atoms with Crippen LogP contribution in [0, 0.1) is 10.1 Å². The lowest BCUT2D eigenvalue weighted by Gasteiger charge is -1.95. The average Bonchev–Trinajstić information content (AvgIpc) is 2.40. The molecule has 1 aromatic heterocycles. The maximum absolute atomic E-state index is 10.3. The van der Waals surface area contributed by atoms with Crippen LogP contribution in [0.15, 0.2) is 24.5 Å². The average molecular weight is 256 g/mol. The molecule has 0 radical (unpaired) electrons. The molecule has 1 heterocycles. The lowest BCUT2D eigenvalue weighted by Crippen LogP contribution is -2.09. The zero-order valence-corrected chi connectivity index (χ0v) is 9.86. The number of rotatable bonds is 3. The van der Waals surface area contributed by atoms with Crippen molar-refractivity contribution >= 4 is 17.6 Å². The first kappa shape index (κ1) is 15.5. The van der Waals surface area contributed by atoms with Crippen molar-refractivity contribution in [3.05, 3.63) is 34.6 Å². The summed E-state index contributed by atoms with van der Waals surface area (Å²) < 4.78 is 8.37.